The Kier molecular flexibility index (Phi) is 5.94. The van der Waals surface area contributed by atoms with Gasteiger partial charge >= 0.3 is 0 Å². The molecule has 2 heteroatoms. The highest BCUT2D eigenvalue weighted by atomic mass is 14.8. The summed E-state index contributed by atoms with van der Waals surface area (Å²) in [6.45, 7) is 4.28. The molecular weight excluding hydrogens is 484 g/mol. The molecule has 2 nitrogen and oxygen atoms in total. The highest BCUT2D eigenvalue weighted by molar-refractivity contribution is 6.05. The van der Waals surface area contributed by atoms with Gasteiger partial charge in [-0.3, -0.25) is 4.98 Å². The van der Waals surface area contributed by atoms with Gasteiger partial charge in [-0.15, -0.1) is 0 Å². The summed E-state index contributed by atoms with van der Waals surface area (Å²) in [6.07, 6.45) is 1.88. The van der Waals surface area contributed by atoms with E-state index < -0.39 is 0 Å². The molecule has 0 atom stereocenters. The van der Waals surface area contributed by atoms with E-state index in [1.165, 1.54) is 44.5 Å². The first-order valence-electron chi connectivity index (χ1n) is 13.7. The molecule has 0 aliphatic carbocycles. The Morgan fingerprint density at radius 3 is 1.57 bits per heavy atom. The summed E-state index contributed by atoms with van der Waals surface area (Å²) >= 11 is 0. The van der Waals surface area contributed by atoms with Crippen LogP contribution >= 0.6 is 0 Å². The number of rotatable bonds is 4. The number of pyridine rings is 2. The van der Waals surface area contributed by atoms with Gasteiger partial charge in [-0.05, 0) is 82.6 Å². The molecule has 40 heavy (non-hydrogen) atoms. The average molecular weight is 513 g/mol. The maximum absolute atomic E-state index is 5.10. The lowest BCUT2D eigenvalue weighted by molar-refractivity contribution is 1.33. The molecule has 190 valence electrons. The number of aromatic nitrogens is 2. The second-order valence-corrected chi connectivity index (χ2v) is 10.4. The zero-order valence-corrected chi connectivity index (χ0v) is 22.6. The van der Waals surface area contributed by atoms with E-state index in [1.54, 1.807) is 0 Å². The summed E-state index contributed by atoms with van der Waals surface area (Å²) in [4.78, 5) is 9.80. The van der Waals surface area contributed by atoms with Crippen LogP contribution in [-0.4, -0.2) is 9.97 Å². The molecule has 0 unspecified atom stereocenters. The van der Waals surface area contributed by atoms with E-state index in [0.29, 0.717) is 0 Å². The summed E-state index contributed by atoms with van der Waals surface area (Å²) in [6, 6.07) is 45.4. The number of fused-ring (bicyclic) bond motifs is 3. The van der Waals surface area contributed by atoms with E-state index in [1.807, 2.05) is 6.20 Å². The van der Waals surface area contributed by atoms with Crippen LogP contribution in [0.15, 0.2) is 134 Å². The third-order valence-corrected chi connectivity index (χ3v) is 7.79. The number of benzene rings is 5. The van der Waals surface area contributed by atoms with Crippen molar-refractivity contribution in [1.29, 1.82) is 0 Å². The van der Waals surface area contributed by atoms with Crippen LogP contribution in [0.2, 0.25) is 0 Å². The quantitative estimate of drug-likeness (QED) is 0.219. The van der Waals surface area contributed by atoms with Crippen molar-refractivity contribution >= 4 is 21.8 Å². The van der Waals surface area contributed by atoms with Crippen molar-refractivity contribution in [3.63, 3.8) is 0 Å². The van der Waals surface area contributed by atoms with E-state index >= 15 is 0 Å². The number of aryl methyl sites for hydroxylation is 2. The van der Waals surface area contributed by atoms with Crippen molar-refractivity contribution in [3.05, 3.63) is 145 Å². The van der Waals surface area contributed by atoms with Gasteiger partial charge in [0.25, 0.3) is 0 Å². The summed E-state index contributed by atoms with van der Waals surface area (Å²) < 4.78 is 0. The third-order valence-electron chi connectivity index (χ3n) is 7.79. The lowest BCUT2D eigenvalue weighted by atomic mass is 9.95. The molecule has 0 spiro atoms. The summed E-state index contributed by atoms with van der Waals surface area (Å²) in [5, 5.41) is 2.31. The van der Waals surface area contributed by atoms with Gasteiger partial charge in [0.1, 0.15) is 0 Å². The molecular formula is C38H28N2. The van der Waals surface area contributed by atoms with Crippen molar-refractivity contribution in [3.8, 4) is 44.6 Å². The Morgan fingerprint density at radius 1 is 0.400 bits per heavy atom. The van der Waals surface area contributed by atoms with Crippen molar-refractivity contribution < 1.29 is 0 Å². The Labute approximate surface area is 234 Å². The van der Waals surface area contributed by atoms with Crippen LogP contribution in [0.1, 0.15) is 11.1 Å². The predicted octanol–water partition coefficient (Wildman–Crippen LogP) is 10.1. The van der Waals surface area contributed by atoms with Gasteiger partial charge in [0.2, 0.25) is 0 Å². The second-order valence-electron chi connectivity index (χ2n) is 10.4. The molecule has 0 N–H and O–H groups in total. The molecule has 7 aromatic rings. The minimum absolute atomic E-state index is 0.964. The zero-order chi connectivity index (χ0) is 27.1. The van der Waals surface area contributed by atoms with Crippen LogP contribution in [-0.2, 0) is 0 Å². The number of hydrogen-bond donors (Lipinski definition) is 0. The Morgan fingerprint density at radius 2 is 0.925 bits per heavy atom. The molecule has 7 rings (SSSR count). The molecule has 0 saturated carbocycles. The van der Waals surface area contributed by atoms with Crippen LogP contribution in [0, 0.1) is 13.8 Å². The zero-order valence-electron chi connectivity index (χ0n) is 22.6. The van der Waals surface area contributed by atoms with Gasteiger partial charge in [0.05, 0.1) is 16.7 Å². The standard InChI is InChI=1S/C38H28N2/c1-25-20-21-39-37-34(25)18-19-35-26(2)22-36(40-38(35)37)29-16-14-28(15-17-29)31-11-7-13-33(24-31)32-12-6-10-30(23-32)27-8-4-3-5-9-27/h3-24H,1-2H3. The first-order valence-corrected chi connectivity index (χ1v) is 13.7. The van der Waals surface area contributed by atoms with Crippen LogP contribution in [0.5, 0.6) is 0 Å². The second kappa shape index (κ2) is 9.91. The average Bonchev–Trinajstić information content (AvgIpc) is 3.02. The van der Waals surface area contributed by atoms with Gasteiger partial charge in [0.15, 0.2) is 0 Å². The molecule has 0 saturated heterocycles. The van der Waals surface area contributed by atoms with Crippen LogP contribution in [0.4, 0.5) is 0 Å². The molecule has 5 aromatic carbocycles. The summed E-state index contributed by atoms with van der Waals surface area (Å²) in [5.74, 6) is 0. The van der Waals surface area contributed by atoms with E-state index in [9.17, 15) is 0 Å². The lowest BCUT2D eigenvalue weighted by Crippen LogP contribution is -1.92. The smallest absolute Gasteiger partial charge is 0.0974 e. The third kappa shape index (κ3) is 4.34. The first kappa shape index (κ1) is 24.0. The maximum Gasteiger partial charge on any atom is 0.0974 e. The summed E-state index contributed by atoms with van der Waals surface area (Å²) in [5.41, 5.74) is 13.7. The fourth-order valence-corrected chi connectivity index (χ4v) is 5.58. The van der Waals surface area contributed by atoms with Crippen molar-refractivity contribution in [2.45, 2.75) is 13.8 Å². The molecule has 0 fully saturated rings. The van der Waals surface area contributed by atoms with E-state index in [2.05, 4.69) is 141 Å². The largest absolute Gasteiger partial charge is 0.254 e. The number of nitrogens with zero attached hydrogens (tertiary/aromatic N) is 2. The topological polar surface area (TPSA) is 25.8 Å². The normalized spacial score (nSPS) is 11.2. The monoisotopic (exact) mass is 512 g/mol. The number of hydrogen-bond acceptors (Lipinski definition) is 2. The minimum Gasteiger partial charge on any atom is -0.254 e. The molecule has 0 aliphatic heterocycles. The molecule has 0 bridgehead atoms. The van der Waals surface area contributed by atoms with E-state index in [-0.39, 0.29) is 0 Å². The van der Waals surface area contributed by atoms with E-state index in [4.69, 9.17) is 9.97 Å². The fourth-order valence-electron chi connectivity index (χ4n) is 5.58. The van der Waals surface area contributed by atoms with Crippen molar-refractivity contribution in [2.24, 2.45) is 0 Å². The lowest BCUT2D eigenvalue weighted by Gasteiger charge is -2.11. The SMILES string of the molecule is Cc1ccnc2c1ccc1c(C)cc(-c3ccc(-c4cccc(-c5cccc(-c6ccccc6)c5)c4)cc3)nc12. The minimum atomic E-state index is 0.964. The van der Waals surface area contributed by atoms with Gasteiger partial charge in [-0.25, -0.2) is 4.98 Å². The predicted molar refractivity (Wildman–Crippen MR) is 168 cm³/mol. The van der Waals surface area contributed by atoms with Crippen LogP contribution in [0.3, 0.4) is 0 Å². The van der Waals surface area contributed by atoms with E-state index in [0.717, 1.165) is 33.1 Å². The summed E-state index contributed by atoms with van der Waals surface area (Å²) in [7, 11) is 0. The van der Waals surface area contributed by atoms with Gasteiger partial charge in [-0.2, -0.15) is 0 Å². The molecule has 2 heterocycles. The fraction of sp³-hybridized carbons (Fsp3) is 0.0526. The van der Waals surface area contributed by atoms with Gasteiger partial charge < -0.3 is 0 Å². The molecule has 0 aliphatic rings. The van der Waals surface area contributed by atoms with Gasteiger partial charge in [-0.1, -0.05) is 103 Å². The maximum atomic E-state index is 5.10. The molecule has 2 aromatic heterocycles. The Balaban J connectivity index is 1.23. The first-order chi connectivity index (χ1) is 19.6. The highest BCUT2D eigenvalue weighted by Crippen LogP contribution is 2.33. The highest BCUT2D eigenvalue weighted by Gasteiger charge is 2.11. The Hall–Kier alpha value is -5.08. The van der Waals surface area contributed by atoms with Crippen molar-refractivity contribution in [1.82, 2.24) is 9.97 Å². The molecule has 0 amide bonds. The van der Waals surface area contributed by atoms with Crippen LogP contribution in [0.25, 0.3) is 66.4 Å². The van der Waals surface area contributed by atoms with Gasteiger partial charge in [0, 0.05) is 22.5 Å². The Bertz CT molecular complexity index is 2010. The van der Waals surface area contributed by atoms with Crippen LogP contribution < -0.4 is 0 Å². The molecule has 0 radical (unpaired) electrons. The van der Waals surface area contributed by atoms with Crippen molar-refractivity contribution in [2.75, 3.05) is 0 Å².